The lowest BCUT2D eigenvalue weighted by Crippen LogP contribution is -2.42. The minimum atomic E-state index is -2.77. The van der Waals surface area contributed by atoms with Gasteiger partial charge in [-0.3, -0.25) is 5.32 Å². The normalized spacial score (nSPS) is 12.4. The second-order valence-corrected chi connectivity index (χ2v) is 9.12. The molecule has 1 aromatic rings. The number of hydrogen-bond donors (Lipinski definition) is 2. The molecule has 0 saturated heterocycles. The highest BCUT2D eigenvalue weighted by atomic mass is 31.1. The van der Waals surface area contributed by atoms with Crippen LogP contribution in [-0.2, 0) is 33.4 Å². The van der Waals surface area contributed by atoms with Gasteiger partial charge in [-0.25, -0.2) is 5.43 Å². The van der Waals surface area contributed by atoms with Crippen LogP contribution in [0.3, 0.4) is 0 Å². The maximum absolute atomic E-state index is 10.2. The van der Waals surface area contributed by atoms with Crippen LogP contribution in [0.5, 0.6) is 0 Å². The van der Waals surface area contributed by atoms with Crippen molar-refractivity contribution in [3.8, 4) is 0 Å². The first-order chi connectivity index (χ1) is 15.3. The van der Waals surface area contributed by atoms with E-state index in [4.69, 9.17) is 14.6 Å². The number of hydrogen-bond acceptors (Lipinski definition) is 7. The molecule has 1 unspecified atom stereocenters. The van der Waals surface area contributed by atoms with E-state index in [0.717, 1.165) is 45.4 Å². The van der Waals surface area contributed by atoms with Crippen molar-refractivity contribution in [2.75, 3.05) is 39.0 Å². The Morgan fingerprint density at radius 1 is 1.06 bits per heavy atom. The van der Waals surface area contributed by atoms with E-state index < -0.39 is 13.8 Å². The van der Waals surface area contributed by atoms with Crippen molar-refractivity contribution in [3.05, 3.63) is 11.6 Å². The molecule has 0 bridgehead atoms. The predicted molar refractivity (Wildman–Crippen MR) is 129 cm³/mol. The summed E-state index contributed by atoms with van der Waals surface area (Å²) in [6.07, 6.45) is 9.16. The van der Waals surface area contributed by atoms with Gasteiger partial charge in [0.15, 0.2) is 5.79 Å². The van der Waals surface area contributed by atoms with E-state index in [0.29, 0.717) is 0 Å². The van der Waals surface area contributed by atoms with Gasteiger partial charge in [0.1, 0.15) is 13.2 Å². The largest absolute Gasteiger partial charge is 0.801 e. The lowest BCUT2D eigenvalue weighted by molar-refractivity contribution is -0.759. The van der Waals surface area contributed by atoms with Crippen LogP contribution in [0, 0.1) is 0 Å². The van der Waals surface area contributed by atoms with Crippen LogP contribution in [0.1, 0.15) is 84.8 Å². The molecule has 0 aliphatic rings. The Kier molecular flexibility index (Phi) is 17.9. The molecule has 0 spiro atoms. The first-order valence-electron chi connectivity index (χ1n) is 12.1. The van der Waals surface area contributed by atoms with Gasteiger partial charge in [-0.05, 0) is 44.3 Å². The molecule has 1 heterocycles. The predicted octanol–water partition coefficient (Wildman–Crippen LogP) is 2.60. The standard InChI is InChI=1S/C17H36N5.C5H13O4P/c1-5-9-13-18-15-19-22-16(11-7-3)20-21(14-10-6-2)17(22)12-8-4;1-5(8-2,9-3)4-10(6)7/h18-19H,5-15H2,1-4H3;10H,4H2,1-3H3,(H,6,7)/q+1;/p-1. The third-order valence-corrected chi connectivity index (χ3v) is 6.05. The number of rotatable bonds is 17. The van der Waals surface area contributed by atoms with E-state index in [1.165, 1.54) is 51.6 Å². The summed E-state index contributed by atoms with van der Waals surface area (Å²) in [5.74, 6) is 1.51. The van der Waals surface area contributed by atoms with Crippen LogP contribution in [-0.4, -0.2) is 49.2 Å². The molecule has 0 aliphatic carbocycles. The summed E-state index contributed by atoms with van der Waals surface area (Å²) in [6.45, 7) is 13.4. The van der Waals surface area contributed by atoms with Crippen molar-refractivity contribution < 1.29 is 23.6 Å². The Morgan fingerprint density at radius 3 is 2.16 bits per heavy atom. The van der Waals surface area contributed by atoms with Gasteiger partial charge in [-0.15, -0.1) is 9.36 Å². The highest BCUT2D eigenvalue weighted by Crippen LogP contribution is 2.20. The van der Waals surface area contributed by atoms with Crippen LogP contribution in [0.25, 0.3) is 0 Å². The van der Waals surface area contributed by atoms with Gasteiger partial charge in [0.05, 0.1) is 6.42 Å². The number of methoxy groups -OCH3 is 2. The van der Waals surface area contributed by atoms with Crippen molar-refractivity contribution in [2.24, 2.45) is 0 Å². The van der Waals surface area contributed by atoms with E-state index in [1.54, 1.807) is 6.92 Å². The summed E-state index contributed by atoms with van der Waals surface area (Å²) < 4.78 is 24.3. The van der Waals surface area contributed by atoms with E-state index in [-0.39, 0.29) is 6.16 Å². The van der Waals surface area contributed by atoms with Gasteiger partial charge in [0.2, 0.25) is 0 Å². The smallest absolute Gasteiger partial charge is 0.302 e. The quantitative estimate of drug-likeness (QED) is 0.154. The van der Waals surface area contributed by atoms with Crippen molar-refractivity contribution in [2.45, 2.75) is 98.3 Å². The number of unbranched alkanes of at least 4 members (excludes halogenated alkanes) is 2. The molecule has 10 heteroatoms. The zero-order valence-electron chi connectivity index (χ0n) is 21.5. The molecule has 190 valence electrons. The lowest BCUT2D eigenvalue weighted by atomic mass is 10.3. The van der Waals surface area contributed by atoms with Crippen LogP contribution >= 0.6 is 8.03 Å². The summed E-state index contributed by atoms with van der Waals surface area (Å²) >= 11 is 0. The van der Waals surface area contributed by atoms with Crippen LogP contribution in [0.15, 0.2) is 0 Å². The number of ether oxygens (including phenoxy) is 2. The Labute approximate surface area is 196 Å². The Hall–Kier alpha value is -0.990. The molecule has 0 aliphatic heterocycles. The molecule has 1 aromatic heterocycles. The van der Waals surface area contributed by atoms with Gasteiger partial charge < -0.3 is 18.9 Å². The Morgan fingerprint density at radius 2 is 1.69 bits per heavy atom. The average Bonchev–Trinajstić information content (AvgIpc) is 3.08. The Balaban J connectivity index is 0.000000809. The number of aromatic nitrogens is 3. The maximum Gasteiger partial charge on any atom is 0.302 e. The molecule has 0 radical (unpaired) electrons. The third kappa shape index (κ3) is 12.3. The molecular formula is C22H48N5O4P. The average molecular weight is 478 g/mol. The lowest BCUT2D eigenvalue weighted by Gasteiger charge is -2.27. The molecule has 32 heavy (non-hydrogen) atoms. The third-order valence-electron chi connectivity index (χ3n) is 5.12. The minimum absolute atomic E-state index is 0.0787. The molecule has 1 rings (SSSR count). The van der Waals surface area contributed by atoms with Crippen LogP contribution in [0.2, 0.25) is 0 Å². The molecule has 0 saturated carbocycles. The first-order valence-corrected chi connectivity index (χ1v) is 13.6. The Bertz CT molecular complexity index is 624. The summed E-state index contributed by atoms with van der Waals surface area (Å²) in [6, 6.07) is 0. The van der Waals surface area contributed by atoms with Gasteiger partial charge in [-0.2, -0.15) is 0 Å². The fourth-order valence-corrected chi connectivity index (χ4v) is 3.85. The van der Waals surface area contributed by atoms with Crippen molar-refractivity contribution in [1.82, 2.24) is 15.1 Å². The number of aryl methyl sites for hydroxylation is 2. The van der Waals surface area contributed by atoms with E-state index >= 15 is 0 Å². The summed E-state index contributed by atoms with van der Waals surface area (Å²) in [5, 5.41) is 8.32. The summed E-state index contributed by atoms with van der Waals surface area (Å²) in [7, 11) is 0.0566. The van der Waals surface area contributed by atoms with Gasteiger partial charge in [-0.1, -0.05) is 40.5 Å². The number of nitrogens with one attached hydrogen (secondary N) is 2. The molecule has 0 aromatic carbocycles. The van der Waals surface area contributed by atoms with E-state index in [2.05, 4.69) is 47.8 Å². The second kappa shape index (κ2) is 18.4. The molecule has 2 N–H and O–H groups in total. The summed E-state index contributed by atoms with van der Waals surface area (Å²) in [5.41, 5.74) is 3.53. The number of nitrogens with zero attached hydrogens (tertiary/aromatic N) is 3. The molecule has 1 atom stereocenters. The van der Waals surface area contributed by atoms with Crippen LogP contribution in [0.4, 0.5) is 0 Å². The minimum Gasteiger partial charge on any atom is -0.801 e. The van der Waals surface area contributed by atoms with Gasteiger partial charge in [0, 0.05) is 34.8 Å². The molecule has 9 nitrogen and oxygen atoms in total. The zero-order valence-corrected chi connectivity index (χ0v) is 22.5. The van der Waals surface area contributed by atoms with Gasteiger partial charge >= 0.3 is 5.82 Å². The molecular weight excluding hydrogens is 429 g/mol. The van der Waals surface area contributed by atoms with Crippen LogP contribution < -0.4 is 20.3 Å². The van der Waals surface area contributed by atoms with Crippen molar-refractivity contribution in [3.63, 3.8) is 0 Å². The highest BCUT2D eigenvalue weighted by molar-refractivity contribution is 7.36. The SMILES string of the molecule is CCCCNCNn1c(CCC)n[n+](CCCC)c1CCC.COC(C)(C[PH](=O)[O-])OC. The zero-order chi connectivity index (χ0) is 24.4. The molecule has 0 amide bonds. The highest BCUT2D eigenvalue weighted by Gasteiger charge is 2.24. The van der Waals surface area contributed by atoms with Gasteiger partial charge in [0.25, 0.3) is 5.82 Å². The van der Waals surface area contributed by atoms with E-state index in [1.807, 2.05) is 0 Å². The first kappa shape index (κ1) is 31.0. The fourth-order valence-electron chi connectivity index (χ4n) is 3.04. The maximum atomic E-state index is 10.2. The van der Waals surface area contributed by atoms with Crippen molar-refractivity contribution in [1.29, 1.82) is 0 Å². The van der Waals surface area contributed by atoms with E-state index in [9.17, 15) is 9.46 Å². The fraction of sp³-hybridized carbons (Fsp3) is 0.909. The summed E-state index contributed by atoms with van der Waals surface area (Å²) in [4.78, 5) is 10.2. The van der Waals surface area contributed by atoms with Crippen molar-refractivity contribution >= 4 is 8.03 Å². The second-order valence-electron chi connectivity index (χ2n) is 8.02. The topological polar surface area (TPSA) is 104 Å². The molecule has 0 fully saturated rings. The monoisotopic (exact) mass is 477 g/mol.